The van der Waals surface area contributed by atoms with E-state index in [1.165, 1.54) is 30.4 Å². The molecule has 3 rings (SSSR count). The Hall–Kier alpha value is -0.860. The van der Waals surface area contributed by atoms with Crippen LogP contribution in [0.5, 0.6) is 0 Å². The topological polar surface area (TPSA) is 21.3 Å². The second-order valence-corrected chi connectivity index (χ2v) is 7.35. The average Bonchev–Trinajstić information content (AvgIpc) is 3.23. The molecular formula is C19H29NO. The molecule has 1 aliphatic carbocycles. The zero-order valence-corrected chi connectivity index (χ0v) is 13.7. The summed E-state index contributed by atoms with van der Waals surface area (Å²) in [6, 6.07) is 10.0. The lowest BCUT2D eigenvalue weighted by atomic mass is 9.76. The molecule has 21 heavy (non-hydrogen) atoms. The largest absolute Gasteiger partial charge is 0.378 e. The molecule has 2 unspecified atom stereocenters. The van der Waals surface area contributed by atoms with Gasteiger partial charge in [0, 0.05) is 24.6 Å². The summed E-state index contributed by atoms with van der Waals surface area (Å²) in [7, 11) is 0. The molecule has 2 heteroatoms. The van der Waals surface area contributed by atoms with Gasteiger partial charge in [0.2, 0.25) is 0 Å². The molecule has 116 valence electrons. The zero-order chi connectivity index (χ0) is 14.9. The van der Waals surface area contributed by atoms with Crippen molar-refractivity contribution in [2.75, 3.05) is 13.2 Å². The van der Waals surface area contributed by atoms with E-state index in [1.54, 1.807) is 0 Å². The van der Waals surface area contributed by atoms with Crippen LogP contribution in [0.3, 0.4) is 0 Å². The highest BCUT2D eigenvalue weighted by Gasteiger charge is 2.42. The van der Waals surface area contributed by atoms with E-state index in [0.29, 0.717) is 12.0 Å². The maximum Gasteiger partial charge on any atom is 0.0619 e. The Kier molecular flexibility index (Phi) is 4.37. The van der Waals surface area contributed by atoms with Gasteiger partial charge in [-0.25, -0.2) is 0 Å². The molecule has 1 aromatic carbocycles. The number of hydrogen-bond acceptors (Lipinski definition) is 2. The number of nitrogens with one attached hydrogen (secondary N) is 1. The Morgan fingerprint density at radius 1 is 1.24 bits per heavy atom. The Morgan fingerprint density at radius 3 is 2.48 bits per heavy atom. The standard InChI is InChI=1S/C19H29NO/c1-14(2)17-6-4-16(5-7-17)12-19(10-11-21-15(19)3)13-20-18-8-9-18/h4-7,14-15,18,20H,8-13H2,1-3H3. The monoisotopic (exact) mass is 287 g/mol. The van der Waals surface area contributed by atoms with Crippen LogP contribution in [0.15, 0.2) is 24.3 Å². The van der Waals surface area contributed by atoms with E-state index in [1.807, 2.05) is 0 Å². The van der Waals surface area contributed by atoms with Crippen molar-refractivity contribution in [3.8, 4) is 0 Å². The fourth-order valence-electron chi connectivity index (χ4n) is 3.41. The molecule has 0 aromatic heterocycles. The van der Waals surface area contributed by atoms with Crippen LogP contribution in [-0.4, -0.2) is 25.3 Å². The third-order valence-electron chi connectivity index (χ3n) is 5.35. The highest BCUT2D eigenvalue weighted by atomic mass is 16.5. The van der Waals surface area contributed by atoms with Crippen LogP contribution in [-0.2, 0) is 11.2 Å². The van der Waals surface area contributed by atoms with Gasteiger partial charge in [0.25, 0.3) is 0 Å². The van der Waals surface area contributed by atoms with E-state index in [4.69, 9.17) is 4.74 Å². The van der Waals surface area contributed by atoms with Crippen LogP contribution in [0.1, 0.15) is 57.1 Å². The number of benzene rings is 1. The molecule has 0 radical (unpaired) electrons. The van der Waals surface area contributed by atoms with Gasteiger partial charge in [-0.3, -0.25) is 0 Å². The van der Waals surface area contributed by atoms with Crippen molar-refractivity contribution in [2.45, 2.75) is 64.5 Å². The Balaban J connectivity index is 1.71. The summed E-state index contributed by atoms with van der Waals surface area (Å²) < 4.78 is 5.92. The fraction of sp³-hybridized carbons (Fsp3) is 0.684. The van der Waals surface area contributed by atoms with Crippen LogP contribution in [0.4, 0.5) is 0 Å². The summed E-state index contributed by atoms with van der Waals surface area (Å²) in [5.74, 6) is 0.610. The minimum Gasteiger partial charge on any atom is -0.378 e. The first-order chi connectivity index (χ1) is 10.1. The zero-order valence-electron chi connectivity index (χ0n) is 13.7. The van der Waals surface area contributed by atoms with Gasteiger partial charge < -0.3 is 10.1 Å². The third-order valence-corrected chi connectivity index (χ3v) is 5.35. The molecule has 1 aliphatic heterocycles. The van der Waals surface area contributed by atoms with Crippen molar-refractivity contribution in [1.82, 2.24) is 5.32 Å². The molecule has 0 bridgehead atoms. The predicted octanol–water partition coefficient (Wildman–Crippen LogP) is 3.90. The summed E-state index contributed by atoms with van der Waals surface area (Å²) in [6.45, 7) is 8.78. The first-order valence-electron chi connectivity index (χ1n) is 8.53. The molecular weight excluding hydrogens is 258 g/mol. The molecule has 2 nitrogen and oxygen atoms in total. The molecule has 1 saturated heterocycles. The maximum atomic E-state index is 5.92. The molecule has 1 saturated carbocycles. The minimum atomic E-state index is 0.280. The normalized spacial score (nSPS) is 29.2. The second-order valence-electron chi connectivity index (χ2n) is 7.35. The second kappa shape index (κ2) is 6.10. The molecule has 2 aliphatic rings. The van der Waals surface area contributed by atoms with Gasteiger partial charge in [0.05, 0.1) is 6.10 Å². The summed E-state index contributed by atoms with van der Waals surface area (Å²) >= 11 is 0. The van der Waals surface area contributed by atoms with Gasteiger partial charge in [-0.15, -0.1) is 0 Å². The number of hydrogen-bond donors (Lipinski definition) is 1. The minimum absolute atomic E-state index is 0.280. The highest BCUT2D eigenvalue weighted by Crippen LogP contribution is 2.38. The van der Waals surface area contributed by atoms with Crippen LogP contribution in [0.2, 0.25) is 0 Å². The number of ether oxygens (including phenoxy) is 1. The van der Waals surface area contributed by atoms with Crippen LogP contribution >= 0.6 is 0 Å². The van der Waals surface area contributed by atoms with Crippen LogP contribution in [0, 0.1) is 5.41 Å². The van der Waals surface area contributed by atoms with Crippen LogP contribution < -0.4 is 5.32 Å². The van der Waals surface area contributed by atoms with Crippen molar-refractivity contribution in [1.29, 1.82) is 0 Å². The molecule has 1 N–H and O–H groups in total. The molecule has 1 heterocycles. The van der Waals surface area contributed by atoms with Gasteiger partial charge in [-0.05, 0) is 49.7 Å². The molecule has 0 spiro atoms. The lowest BCUT2D eigenvalue weighted by molar-refractivity contribution is 0.0628. The van der Waals surface area contributed by atoms with Crippen LogP contribution in [0.25, 0.3) is 0 Å². The Morgan fingerprint density at radius 2 is 1.95 bits per heavy atom. The van der Waals surface area contributed by atoms with Gasteiger partial charge in [-0.1, -0.05) is 38.1 Å². The van der Waals surface area contributed by atoms with E-state index < -0.39 is 0 Å². The van der Waals surface area contributed by atoms with E-state index in [2.05, 4.69) is 50.4 Å². The average molecular weight is 287 g/mol. The van der Waals surface area contributed by atoms with Crippen molar-refractivity contribution >= 4 is 0 Å². The first-order valence-corrected chi connectivity index (χ1v) is 8.53. The lowest BCUT2D eigenvalue weighted by Crippen LogP contribution is -2.42. The smallest absolute Gasteiger partial charge is 0.0619 e. The van der Waals surface area contributed by atoms with Crippen molar-refractivity contribution < 1.29 is 4.74 Å². The molecule has 0 amide bonds. The van der Waals surface area contributed by atoms with E-state index >= 15 is 0 Å². The van der Waals surface area contributed by atoms with Gasteiger partial charge in [-0.2, -0.15) is 0 Å². The van der Waals surface area contributed by atoms with Gasteiger partial charge in [0.15, 0.2) is 0 Å². The van der Waals surface area contributed by atoms with E-state index in [0.717, 1.165) is 25.6 Å². The maximum absolute atomic E-state index is 5.92. The Bertz CT molecular complexity index is 463. The predicted molar refractivity (Wildman–Crippen MR) is 87.7 cm³/mol. The van der Waals surface area contributed by atoms with Crippen molar-refractivity contribution in [3.63, 3.8) is 0 Å². The summed E-state index contributed by atoms with van der Waals surface area (Å²) in [5, 5.41) is 3.74. The molecule has 2 fully saturated rings. The quantitative estimate of drug-likeness (QED) is 0.857. The van der Waals surface area contributed by atoms with E-state index in [-0.39, 0.29) is 5.41 Å². The van der Waals surface area contributed by atoms with Crippen molar-refractivity contribution in [3.05, 3.63) is 35.4 Å². The van der Waals surface area contributed by atoms with Gasteiger partial charge in [0.1, 0.15) is 0 Å². The molecule has 1 aromatic rings. The lowest BCUT2D eigenvalue weighted by Gasteiger charge is -2.33. The molecule has 2 atom stereocenters. The SMILES string of the molecule is CC(C)c1ccc(CC2(CNC3CC3)CCOC2C)cc1. The van der Waals surface area contributed by atoms with Gasteiger partial charge >= 0.3 is 0 Å². The Labute approximate surface area is 129 Å². The van der Waals surface area contributed by atoms with E-state index in [9.17, 15) is 0 Å². The summed E-state index contributed by atoms with van der Waals surface area (Å²) in [4.78, 5) is 0. The summed E-state index contributed by atoms with van der Waals surface area (Å²) in [5.41, 5.74) is 3.16. The highest BCUT2D eigenvalue weighted by molar-refractivity contribution is 5.26. The fourth-order valence-corrected chi connectivity index (χ4v) is 3.41. The van der Waals surface area contributed by atoms with Crippen molar-refractivity contribution in [2.24, 2.45) is 5.41 Å². The number of rotatable bonds is 6. The first kappa shape index (κ1) is 15.1. The third kappa shape index (κ3) is 3.49. The summed E-state index contributed by atoms with van der Waals surface area (Å²) in [6.07, 6.45) is 5.38.